The van der Waals surface area contributed by atoms with Gasteiger partial charge < -0.3 is 5.73 Å². The van der Waals surface area contributed by atoms with Crippen LogP contribution in [0.4, 0.5) is 17.1 Å². The fraction of sp³-hybridized carbons (Fsp3) is 0.350. The molecule has 0 bridgehead atoms. The van der Waals surface area contributed by atoms with Crippen molar-refractivity contribution >= 4 is 23.0 Å². The Morgan fingerprint density at radius 3 is 2.42 bits per heavy atom. The highest BCUT2D eigenvalue weighted by molar-refractivity contribution is 6.03. The van der Waals surface area contributed by atoms with E-state index in [1.54, 1.807) is 0 Å². The van der Waals surface area contributed by atoms with Gasteiger partial charge in [0, 0.05) is 5.69 Å². The highest BCUT2D eigenvalue weighted by atomic mass is 16.2. The zero-order valence-electron chi connectivity index (χ0n) is 14.5. The topological polar surface area (TPSA) is 49.6 Å². The van der Waals surface area contributed by atoms with Crippen LogP contribution in [0, 0.1) is 0 Å². The number of nitrogens with two attached hydrogens (primary N) is 1. The quantitative estimate of drug-likeness (QED) is 0.878. The van der Waals surface area contributed by atoms with Gasteiger partial charge in [-0.1, -0.05) is 38.1 Å². The molecule has 3 rings (SSSR count). The number of carbonyl (C=O) groups is 1. The molecule has 0 unspecified atom stereocenters. The van der Waals surface area contributed by atoms with Crippen molar-refractivity contribution in [3.05, 3.63) is 53.6 Å². The number of hydrogen-bond donors (Lipinski definition) is 1. The van der Waals surface area contributed by atoms with Crippen LogP contribution in [-0.4, -0.2) is 30.4 Å². The number of likely N-dealkylation sites (N-methyl/N-ethyl adjacent to an activating group) is 1. The number of fused-ring (bicyclic) bond motifs is 2. The average Bonchev–Trinajstić information content (AvgIpc) is 2.75. The molecule has 2 aromatic rings. The van der Waals surface area contributed by atoms with E-state index in [2.05, 4.69) is 24.8 Å². The summed E-state index contributed by atoms with van der Waals surface area (Å²) < 4.78 is 0. The molecule has 0 aliphatic carbocycles. The van der Waals surface area contributed by atoms with Crippen LogP contribution in [0.5, 0.6) is 0 Å². The SMILES string of the molecule is CCN(CC)CC(=O)N1c2ccccc2CCc2ccc(N)cc21. The predicted molar refractivity (Wildman–Crippen MR) is 99.6 cm³/mol. The van der Waals surface area contributed by atoms with Crippen LogP contribution in [0.3, 0.4) is 0 Å². The Hall–Kier alpha value is -2.33. The van der Waals surface area contributed by atoms with Gasteiger partial charge in [0.15, 0.2) is 0 Å². The molecule has 2 aromatic carbocycles. The number of nitrogens with zero attached hydrogens (tertiary/aromatic N) is 2. The third kappa shape index (κ3) is 3.15. The molecule has 1 heterocycles. The van der Waals surface area contributed by atoms with Crippen LogP contribution in [0.15, 0.2) is 42.5 Å². The summed E-state index contributed by atoms with van der Waals surface area (Å²) in [4.78, 5) is 17.2. The molecule has 126 valence electrons. The Balaban J connectivity index is 2.08. The predicted octanol–water partition coefficient (Wildman–Crippen LogP) is 3.37. The standard InChI is InChI=1S/C20H25N3O/c1-3-22(4-2)14-20(24)23-18-8-6-5-7-15(18)9-10-16-11-12-17(21)13-19(16)23/h5-8,11-13H,3-4,9-10,14,21H2,1-2H3. The maximum Gasteiger partial charge on any atom is 0.245 e. The Labute approximate surface area is 143 Å². The summed E-state index contributed by atoms with van der Waals surface area (Å²) in [5, 5.41) is 0. The van der Waals surface area contributed by atoms with Crippen LogP contribution in [-0.2, 0) is 17.6 Å². The maximum atomic E-state index is 13.2. The lowest BCUT2D eigenvalue weighted by atomic mass is 10.0. The molecule has 0 atom stereocenters. The molecule has 0 spiro atoms. The summed E-state index contributed by atoms with van der Waals surface area (Å²) in [5.74, 6) is 0.0971. The number of benzene rings is 2. The molecule has 0 fully saturated rings. The molecule has 24 heavy (non-hydrogen) atoms. The van der Waals surface area contributed by atoms with E-state index in [9.17, 15) is 4.79 Å². The third-order valence-electron chi connectivity index (χ3n) is 4.75. The molecule has 4 nitrogen and oxygen atoms in total. The van der Waals surface area contributed by atoms with Crippen LogP contribution < -0.4 is 10.6 Å². The molecular formula is C20H25N3O. The van der Waals surface area contributed by atoms with E-state index in [-0.39, 0.29) is 5.91 Å². The van der Waals surface area contributed by atoms with Crippen LogP contribution >= 0.6 is 0 Å². The molecular weight excluding hydrogens is 298 g/mol. The van der Waals surface area contributed by atoms with Gasteiger partial charge in [-0.05, 0) is 55.3 Å². The summed E-state index contributed by atoms with van der Waals surface area (Å²) in [6.45, 7) is 6.30. The first kappa shape index (κ1) is 16.5. The third-order valence-corrected chi connectivity index (χ3v) is 4.75. The van der Waals surface area contributed by atoms with Gasteiger partial charge in [0.1, 0.15) is 0 Å². The minimum atomic E-state index is 0.0971. The Morgan fingerprint density at radius 2 is 1.71 bits per heavy atom. The van der Waals surface area contributed by atoms with Crippen molar-refractivity contribution in [1.29, 1.82) is 0 Å². The Kier molecular flexibility index (Phi) is 4.86. The van der Waals surface area contributed by atoms with Crippen molar-refractivity contribution < 1.29 is 4.79 Å². The number of anilines is 3. The smallest absolute Gasteiger partial charge is 0.245 e. The van der Waals surface area contributed by atoms with Crippen LogP contribution in [0.2, 0.25) is 0 Å². The zero-order valence-corrected chi connectivity index (χ0v) is 14.5. The number of para-hydroxylation sites is 1. The fourth-order valence-corrected chi connectivity index (χ4v) is 3.32. The van der Waals surface area contributed by atoms with Crippen molar-refractivity contribution in [3.8, 4) is 0 Å². The molecule has 0 saturated heterocycles. The average molecular weight is 323 g/mol. The molecule has 0 saturated carbocycles. The minimum Gasteiger partial charge on any atom is -0.399 e. The molecule has 1 aliphatic heterocycles. The lowest BCUT2D eigenvalue weighted by molar-refractivity contribution is -0.119. The summed E-state index contributed by atoms with van der Waals surface area (Å²) in [6, 6.07) is 14.1. The van der Waals surface area contributed by atoms with E-state index < -0.39 is 0 Å². The first-order chi connectivity index (χ1) is 11.6. The highest BCUT2D eigenvalue weighted by Gasteiger charge is 2.26. The second-order valence-electron chi connectivity index (χ2n) is 6.21. The molecule has 0 radical (unpaired) electrons. The fourth-order valence-electron chi connectivity index (χ4n) is 3.32. The second kappa shape index (κ2) is 7.05. The van der Waals surface area contributed by atoms with E-state index in [0.29, 0.717) is 12.2 Å². The van der Waals surface area contributed by atoms with Crippen molar-refractivity contribution in [1.82, 2.24) is 4.90 Å². The van der Waals surface area contributed by atoms with Gasteiger partial charge in [0.25, 0.3) is 0 Å². The summed E-state index contributed by atoms with van der Waals surface area (Å²) >= 11 is 0. The van der Waals surface area contributed by atoms with Gasteiger partial charge >= 0.3 is 0 Å². The normalized spacial score (nSPS) is 13.4. The first-order valence-electron chi connectivity index (χ1n) is 8.65. The van der Waals surface area contributed by atoms with Crippen molar-refractivity contribution in [2.24, 2.45) is 0 Å². The van der Waals surface area contributed by atoms with Gasteiger partial charge in [0.05, 0.1) is 17.9 Å². The lowest BCUT2D eigenvalue weighted by Gasteiger charge is -2.28. The molecule has 1 aliphatic rings. The van der Waals surface area contributed by atoms with Crippen LogP contribution in [0.1, 0.15) is 25.0 Å². The number of nitrogen functional groups attached to an aromatic ring is 1. The van der Waals surface area contributed by atoms with E-state index in [1.165, 1.54) is 11.1 Å². The number of aryl methyl sites for hydroxylation is 2. The maximum absolute atomic E-state index is 13.2. The summed E-state index contributed by atoms with van der Waals surface area (Å²) in [5.41, 5.74) is 11.0. The number of carbonyl (C=O) groups excluding carboxylic acids is 1. The highest BCUT2D eigenvalue weighted by Crippen LogP contribution is 2.37. The Bertz CT molecular complexity index is 737. The largest absolute Gasteiger partial charge is 0.399 e. The summed E-state index contributed by atoms with van der Waals surface area (Å²) in [6.07, 6.45) is 1.85. The number of rotatable bonds is 4. The van der Waals surface area contributed by atoms with E-state index in [0.717, 1.165) is 37.3 Å². The van der Waals surface area contributed by atoms with Crippen LogP contribution in [0.25, 0.3) is 0 Å². The summed E-state index contributed by atoms with van der Waals surface area (Å²) in [7, 11) is 0. The van der Waals surface area contributed by atoms with Crippen molar-refractivity contribution in [2.75, 3.05) is 30.3 Å². The van der Waals surface area contributed by atoms with E-state index in [4.69, 9.17) is 5.73 Å². The minimum absolute atomic E-state index is 0.0971. The molecule has 0 aromatic heterocycles. The zero-order chi connectivity index (χ0) is 17.1. The van der Waals surface area contributed by atoms with E-state index >= 15 is 0 Å². The Morgan fingerprint density at radius 1 is 1.04 bits per heavy atom. The van der Waals surface area contributed by atoms with Crippen molar-refractivity contribution in [3.63, 3.8) is 0 Å². The second-order valence-corrected chi connectivity index (χ2v) is 6.21. The van der Waals surface area contributed by atoms with Gasteiger partial charge in [-0.3, -0.25) is 14.6 Å². The molecule has 2 N–H and O–H groups in total. The first-order valence-corrected chi connectivity index (χ1v) is 8.65. The van der Waals surface area contributed by atoms with Gasteiger partial charge in [0.2, 0.25) is 5.91 Å². The van der Waals surface area contributed by atoms with Crippen molar-refractivity contribution in [2.45, 2.75) is 26.7 Å². The van der Waals surface area contributed by atoms with Gasteiger partial charge in [-0.15, -0.1) is 0 Å². The van der Waals surface area contributed by atoms with Gasteiger partial charge in [-0.2, -0.15) is 0 Å². The van der Waals surface area contributed by atoms with E-state index in [1.807, 2.05) is 41.3 Å². The number of amides is 1. The lowest BCUT2D eigenvalue weighted by Crippen LogP contribution is -2.38. The monoisotopic (exact) mass is 323 g/mol. The molecule has 1 amide bonds. The number of hydrogen-bond acceptors (Lipinski definition) is 3. The van der Waals surface area contributed by atoms with Gasteiger partial charge in [-0.25, -0.2) is 0 Å². The molecule has 4 heteroatoms.